The number of hydrogen-bond acceptors (Lipinski definition) is 2. The van der Waals surface area contributed by atoms with Gasteiger partial charge in [-0.05, 0) is 60.7 Å². The fourth-order valence-corrected chi connectivity index (χ4v) is 5.25. The first-order chi connectivity index (χ1) is 21.9. The van der Waals surface area contributed by atoms with Crippen LogP contribution in [0, 0.1) is 58.2 Å². The van der Waals surface area contributed by atoms with E-state index in [4.69, 9.17) is 0 Å². The molecular weight excluding hydrogens is 630 g/mol. The van der Waals surface area contributed by atoms with E-state index in [1.807, 2.05) is 0 Å². The summed E-state index contributed by atoms with van der Waals surface area (Å²) in [5.41, 5.74) is -3.38. The van der Waals surface area contributed by atoms with E-state index < -0.39 is 80.4 Å². The highest BCUT2D eigenvalue weighted by molar-refractivity contribution is 5.93. The van der Waals surface area contributed by atoms with Crippen LogP contribution in [0.25, 0.3) is 68.6 Å². The lowest BCUT2D eigenvalue weighted by Gasteiger charge is -2.10. The quantitative estimate of drug-likeness (QED) is 0.112. The third kappa shape index (κ3) is 4.39. The third-order valence-electron chi connectivity index (χ3n) is 7.32. The molecule has 0 aliphatic carbocycles. The fraction of sp³-hybridized carbons (Fsp3) is 0. The Labute approximate surface area is 250 Å². The van der Waals surface area contributed by atoms with Crippen molar-refractivity contribution < 1.29 is 43.9 Å². The van der Waals surface area contributed by atoms with Crippen molar-refractivity contribution in [3.8, 4) is 22.3 Å². The molecule has 8 bridgehead atoms. The summed E-state index contributed by atoms with van der Waals surface area (Å²) in [7, 11) is 0. The van der Waals surface area contributed by atoms with Gasteiger partial charge in [0.2, 0.25) is 11.6 Å². The molecule has 46 heavy (non-hydrogen) atoms. The summed E-state index contributed by atoms with van der Waals surface area (Å²) >= 11 is 0. The van der Waals surface area contributed by atoms with E-state index in [-0.39, 0.29) is 44.8 Å². The van der Waals surface area contributed by atoms with Crippen molar-refractivity contribution >= 4 is 46.4 Å². The molecule has 230 valence electrons. The highest BCUT2D eigenvalue weighted by Crippen LogP contribution is 2.39. The first-order valence-corrected chi connectivity index (χ1v) is 13.1. The highest BCUT2D eigenvalue weighted by atomic mass is 19.2. The second kappa shape index (κ2) is 10.5. The number of aromatic nitrogens is 4. The number of rotatable bonds is 2. The Bertz CT molecular complexity index is 2160. The van der Waals surface area contributed by atoms with E-state index in [1.165, 1.54) is 60.7 Å². The summed E-state index contributed by atoms with van der Waals surface area (Å²) < 4.78 is 145. The predicted octanol–water partition coefficient (Wildman–Crippen LogP) is 9.38. The standard InChI is InChI=1S/C32H12F10N4/c33-23-21(24(34)28(38)31(41)27(23)37)19-15-5-1-11(43-15)9-12-2-6-17(44-12)20(22-25(35)29(39)32(42)30(40)26(22)36)18-8-4-14(46-18)10-13-3-7-16(19)45-13/h1-10,43,46H. The van der Waals surface area contributed by atoms with E-state index in [0.29, 0.717) is 0 Å². The van der Waals surface area contributed by atoms with Crippen molar-refractivity contribution in [1.29, 1.82) is 0 Å². The lowest BCUT2D eigenvalue weighted by molar-refractivity contribution is 0.381. The van der Waals surface area contributed by atoms with Crippen molar-refractivity contribution in [1.82, 2.24) is 19.9 Å². The molecule has 0 fully saturated rings. The summed E-state index contributed by atoms with van der Waals surface area (Å²) in [4.78, 5) is 14.2. The van der Waals surface area contributed by atoms with Crippen LogP contribution in [-0.4, -0.2) is 19.9 Å². The number of hydrogen-bond donors (Lipinski definition) is 2. The van der Waals surface area contributed by atoms with Crippen molar-refractivity contribution in [3.05, 3.63) is 117 Å². The molecule has 0 saturated carbocycles. The summed E-state index contributed by atoms with van der Waals surface area (Å²) in [6, 6.07) is 8.06. The van der Waals surface area contributed by atoms with Crippen molar-refractivity contribution in [2.75, 3.05) is 0 Å². The Balaban J connectivity index is 1.61. The number of benzene rings is 2. The molecule has 7 rings (SSSR count). The zero-order valence-electron chi connectivity index (χ0n) is 22.4. The molecule has 5 aromatic rings. The van der Waals surface area contributed by atoms with Gasteiger partial charge < -0.3 is 9.97 Å². The van der Waals surface area contributed by atoms with Crippen molar-refractivity contribution in [2.24, 2.45) is 0 Å². The fourth-order valence-electron chi connectivity index (χ4n) is 5.25. The van der Waals surface area contributed by atoms with Crippen LogP contribution in [0.5, 0.6) is 0 Å². The van der Waals surface area contributed by atoms with Crippen LogP contribution < -0.4 is 0 Å². The van der Waals surface area contributed by atoms with Gasteiger partial charge in [-0.25, -0.2) is 53.9 Å². The Morgan fingerprint density at radius 1 is 0.370 bits per heavy atom. The average molecular weight is 642 g/mol. The SMILES string of the molecule is Fc1c(F)c(F)c(-c2c3nc(cc4ccc([nH]4)c(-c4c(F)c(F)c(F)c(F)c4F)c4nc(cc5ccc2[nH]5)C=C4)C=C3)c(F)c1F. The largest absolute Gasteiger partial charge is 0.355 e. The van der Waals surface area contributed by atoms with Crippen molar-refractivity contribution in [3.63, 3.8) is 0 Å². The van der Waals surface area contributed by atoms with Gasteiger partial charge in [0, 0.05) is 33.2 Å². The molecule has 2 aliphatic heterocycles. The number of H-pyrrole nitrogens is 2. The van der Waals surface area contributed by atoms with Crippen LogP contribution >= 0.6 is 0 Å². The summed E-state index contributed by atoms with van der Waals surface area (Å²) in [6.07, 6.45) is 5.25. The molecule has 0 spiro atoms. The molecule has 2 aromatic carbocycles. The van der Waals surface area contributed by atoms with Crippen LogP contribution in [0.3, 0.4) is 0 Å². The van der Waals surface area contributed by atoms with Crippen LogP contribution in [0.4, 0.5) is 43.9 Å². The molecule has 2 N–H and O–H groups in total. The molecular formula is C32H12F10N4. The highest BCUT2D eigenvalue weighted by Gasteiger charge is 2.30. The van der Waals surface area contributed by atoms with Gasteiger partial charge in [-0.1, -0.05) is 0 Å². The second-order valence-corrected chi connectivity index (χ2v) is 10.1. The Morgan fingerprint density at radius 3 is 1.04 bits per heavy atom. The maximum absolute atomic E-state index is 15.1. The van der Waals surface area contributed by atoms with E-state index in [1.54, 1.807) is 0 Å². The molecule has 0 radical (unpaired) electrons. The van der Waals surface area contributed by atoms with Gasteiger partial charge >= 0.3 is 0 Å². The van der Waals surface area contributed by atoms with E-state index in [2.05, 4.69) is 19.9 Å². The van der Waals surface area contributed by atoms with Crippen LogP contribution in [0.1, 0.15) is 22.8 Å². The third-order valence-corrected chi connectivity index (χ3v) is 7.32. The minimum Gasteiger partial charge on any atom is -0.355 e. The summed E-state index contributed by atoms with van der Waals surface area (Å²) in [5.74, 6) is -21.6. The topological polar surface area (TPSA) is 57.4 Å². The first kappa shape index (κ1) is 29.1. The van der Waals surface area contributed by atoms with Gasteiger partial charge in [-0.15, -0.1) is 0 Å². The molecule has 4 nitrogen and oxygen atoms in total. The minimum atomic E-state index is -2.33. The lowest BCUT2D eigenvalue weighted by Crippen LogP contribution is -2.05. The van der Waals surface area contributed by atoms with Gasteiger partial charge in [-0.3, -0.25) is 0 Å². The Kier molecular flexibility index (Phi) is 6.61. The molecule has 2 aliphatic rings. The maximum Gasteiger partial charge on any atom is 0.200 e. The zero-order valence-corrected chi connectivity index (χ0v) is 22.4. The Hall–Kier alpha value is -5.66. The normalized spacial score (nSPS) is 12.4. The number of nitrogens with zero attached hydrogens (tertiary/aromatic N) is 2. The number of aromatic amines is 2. The van der Waals surface area contributed by atoms with Gasteiger partial charge in [0.15, 0.2) is 46.5 Å². The molecule has 0 amide bonds. The van der Waals surface area contributed by atoms with Gasteiger partial charge in [0.1, 0.15) is 0 Å². The van der Waals surface area contributed by atoms with Crippen LogP contribution in [0.15, 0.2) is 36.4 Å². The monoisotopic (exact) mass is 642 g/mol. The molecule has 0 saturated heterocycles. The van der Waals surface area contributed by atoms with Crippen molar-refractivity contribution in [2.45, 2.75) is 0 Å². The number of halogens is 10. The predicted molar refractivity (Wildman–Crippen MR) is 149 cm³/mol. The second-order valence-electron chi connectivity index (χ2n) is 10.1. The zero-order chi connectivity index (χ0) is 32.6. The average Bonchev–Trinajstić information content (AvgIpc) is 3.87. The first-order valence-electron chi connectivity index (χ1n) is 13.1. The maximum atomic E-state index is 15.1. The molecule has 0 unspecified atom stereocenters. The molecule has 3 aromatic heterocycles. The van der Waals surface area contributed by atoms with E-state index in [0.717, 1.165) is 0 Å². The molecule has 0 atom stereocenters. The van der Waals surface area contributed by atoms with E-state index >= 15 is 17.6 Å². The smallest absolute Gasteiger partial charge is 0.200 e. The molecule has 14 heteroatoms. The minimum absolute atomic E-state index is 0.0988. The van der Waals surface area contributed by atoms with Gasteiger partial charge in [0.25, 0.3) is 0 Å². The van der Waals surface area contributed by atoms with Gasteiger partial charge in [-0.2, -0.15) is 0 Å². The van der Waals surface area contributed by atoms with Crippen LogP contribution in [-0.2, 0) is 0 Å². The van der Waals surface area contributed by atoms with Crippen LogP contribution in [0.2, 0.25) is 0 Å². The lowest BCUT2D eigenvalue weighted by atomic mass is 10.0. The molecule has 5 heterocycles. The Morgan fingerprint density at radius 2 is 0.696 bits per heavy atom. The summed E-state index contributed by atoms with van der Waals surface area (Å²) in [6.45, 7) is 0. The number of nitrogens with one attached hydrogen (secondary N) is 2. The van der Waals surface area contributed by atoms with Gasteiger partial charge in [0.05, 0.1) is 33.9 Å². The number of fused-ring (bicyclic) bond motifs is 8. The van der Waals surface area contributed by atoms with E-state index in [9.17, 15) is 26.3 Å². The summed E-state index contributed by atoms with van der Waals surface area (Å²) in [5, 5.41) is 0.